The van der Waals surface area contributed by atoms with Crippen molar-refractivity contribution < 1.29 is 14.3 Å². The lowest BCUT2D eigenvalue weighted by atomic mass is 10.2. The molecular weight excluding hydrogens is 311 g/mol. The Morgan fingerprint density at radius 2 is 1.71 bits per heavy atom. The Labute approximate surface area is 133 Å². The van der Waals surface area contributed by atoms with Crippen LogP contribution in [0.15, 0.2) is 36.4 Å². The lowest BCUT2D eigenvalue weighted by Gasteiger charge is -2.13. The van der Waals surface area contributed by atoms with E-state index in [1.54, 1.807) is 24.3 Å². The Morgan fingerprint density at radius 1 is 1.05 bits per heavy atom. The van der Waals surface area contributed by atoms with Gasteiger partial charge in [-0.15, -0.1) is 0 Å². The molecule has 0 amide bonds. The molecule has 0 aromatic heterocycles. The minimum atomic E-state index is 0.333. The lowest BCUT2D eigenvalue weighted by Crippen LogP contribution is -2.01. The molecule has 0 fully saturated rings. The highest BCUT2D eigenvalue weighted by atomic mass is 35.5. The maximum atomic E-state index is 10.9. The summed E-state index contributed by atoms with van der Waals surface area (Å²) in [5.41, 5.74) is 1.34. The van der Waals surface area contributed by atoms with Gasteiger partial charge >= 0.3 is 0 Å². The summed E-state index contributed by atoms with van der Waals surface area (Å²) in [4.78, 5) is 10.9. The van der Waals surface area contributed by atoms with E-state index in [1.165, 1.54) is 0 Å². The quantitative estimate of drug-likeness (QED) is 0.717. The summed E-state index contributed by atoms with van der Waals surface area (Å²) in [6, 6.07) is 10.5. The molecule has 0 aliphatic heterocycles. The molecule has 5 heteroatoms. The summed E-state index contributed by atoms with van der Waals surface area (Å²) in [5.74, 6) is 1.00. The van der Waals surface area contributed by atoms with E-state index >= 15 is 0 Å². The van der Waals surface area contributed by atoms with E-state index in [-0.39, 0.29) is 0 Å². The SMILES string of the molecule is CCOc1cc(C=O)c(Cl)cc1OCc1ccc(Cl)cc1. The molecule has 2 rings (SSSR count). The van der Waals surface area contributed by atoms with Gasteiger partial charge in [0.05, 0.1) is 11.6 Å². The van der Waals surface area contributed by atoms with E-state index < -0.39 is 0 Å². The number of carbonyl (C=O) groups is 1. The molecule has 3 nitrogen and oxygen atoms in total. The molecule has 0 saturated heterocycles. The Morgan fingerprint density at radius 3 is 2.33 bits per heavy atom. The highest BCUT2D eigenvalue weighted by Gasteiger charge is 2.11. The molecule has 110 valence electrons. The van der Waals surface area contributed by atoms with Gasteiger partial charge in [-0.3, -0.25) is 4.79 Å². The van der Waals surface area contributed by atoms with Gasteiger partial charge in [0.15, 0.2) is 17.8 Å². The molecule has 0 atom stereocenters. The summed E-state index contributed by atoms with van der Waals surface area (Å²) < 4.78 is 11.2. The van der Waals surface area contributed by atoms with Crippen LogP contribution in [-0.4, -0.2) is 12.9 Å². The first-order valence-corrected chi connectivity index (χ1v) is 7.18. The van der Waals surface area contributed by atoms with Crippen LogP contribution in [0.2, 0.25) is 10.0 Å². The maximum absolute atomic E-state index is 10.9. The molecule has 2 aromatic rings. The molecule has 21 heavy (non-hydrogen) atoms. The van der Waals surface area contributed by atoms with Crippen molar-refractivity contribution in [3.05, 3.63) is 57.6 Å². The molecule has 0 radical (unpaired) electrons. The van der Waals surface area contributed by atoms with Gasteiger partial charge in [-0.05, 0) is 30.7 Å². The second kappa shape index (κ2) is 7.34. The number of hydrogen-bond donors (Lipinski definition) is 0. The summed E-state index contributed by atoms with van der Waals surface area (Å²) in [6.45, 7) is 2.68. The Balaban J connectivity index is 2.19. The van der Waals surface area contributed by atoms with Crippen molar-refractivity contribution in [2.75, 3.05) is 6.61 Å². The standard InChI is InChI=1S/C16H14Cl2O3/c1-2-20-15-7-12(9-19)14(18)8-16(15)21-10-11-3-5-13(17)6-4-11/h3-9H,2,10H2,1H3. The van der Waals surface area contributed by atoms with Crippen molar-refractivity contribution in [3.8, 4) is 11.5 Å². The Kier molecular flexibility index (Phi) is 5.48. The van der Waals surface area contributed by atoms with Gasteiger partial charge < -0.3 is 9.47 Å². The number of halogens is 2. The molecular formula is C16H14Cl2O3. The van der Waals surface area contributed by atoms with Crippen molar-refractivity contribution in [1.29, 1.82) is 0 Å². The van der Waals surface area contributed by atoms with Crippen molar-refractivity contribution in [2.45, 2.75) is 13.5 Å². The van der Waals surface area contributed by atoms with Gasteiger partial charge in [0.1, 0.15) is 6.61 Å². The smallest absolute Gasteiger partial charge is 0.163 e. The lowest BCUT2D eigenvalue weighted by molar-refractivity contribution is 0.112. The van der Waals surface area contributed by atoms with Crippen LogP contribution in [0, 0.1) is 0 Å². The average molecular weight is 325 g/mol. The van der Waals surface area contributed by atoms with E-state index in [0.717, 1.165) is 5.56 Å². The van der Waals surface area contributed by atoms with Gasteiger partial charge in [0, 0.05) is 16.7 Å². The van der Waals surface area contributed by atoms with E-state index in [4.69, 9.17) is 32.7 Å². The van der Waals surface area contributed by atoms with E-state index in [0.29, 0.717) is 46.6 Å². The number of rotatable bonds is 6. The fourth-order valence-electron chi connectivity index (χ4n) is 1.76. The number of carbonyl (C=O) groups excluding carboxylic acids is 1. The molecule has 0 heterocycles. The summed E-state index contributed by atoms with van der Waals surface area (Å²) in [7, 11) is 0. The Bertz CT molecular complexity index is 624. The fourth-order valence-corrected chi connectivity index (χ4v) is 2.09. The minimum absolute atomic E-state index is 0.333. The zero-order valence-electron chi connectivity index (χ0n) is 11.4. The highest BCUT2D eigenvalue weighted by molar-refractivity contribution is 6.33. The van der Waals surface area contributed by atoms with Crippen LogP contribution < -0.4 is 9.47 Å². The third kappa shape index (κ3) is 4.13. The molecule has 0 unspecified atom stereocenters. The van der Waals surface area contributed by atoms with Gasteiger partial charge in [-0.25, -0.2) is 0 Å². The van der Waals surface area contributed by atoms with Crippen LogP contribution in [0.4, 0.5) is 0 Å². The zero-order chi connectivity index (χ0) is 15.2. The van der Waals surface area contributed by atoms with Gasteiger partial charge in [-0.1, -0.05) is 35.3 Å². The van der Waals surface area contributed by atoms with Crippen molar-refractivity contribution in [2.24, 2.45) is 0 Å². The first kappa shape index (κ1) is 15.7. The third-order valence-electron chi connectivity index (χ3n) is 2.80. The molecule has 0 bridgehead atoms. The number of ether oxygens (including phenoxy) is 2. The summed E-state index contributed by atoms with van der Waals surface area (Å²) >= 11 is 11.9. The molecule has 0 aliphatic rings. The largest absolute Gasteiger partial charge is 0.490 e. The number of hydrogen-bond acceptors (Lipinski definition) is 3. The number of benzene rings is 2. The van der Waals surface area contributed by atoms with Crippen molar-refractivity contribution in [1.82, 2.24) is 0 Å². The second-order valence-corrected chi connectivity index (χ2v) is 5.13. The summed E-state index contributed by atoms with van der Waals surface area (Å²) in [6.07, 6.45) is 0.688. The fraction of sp³-hybridized carbons (Fsp3) is 0.188. The Hall–Kier alpha value is -1.71. The first-order chi connectivity index (χ1) is 10.1. The predicted molar refractivity (Wildman–Crippen MR) is 83.8 cm³/mol. The van der Waals surface area contributed by atoms with Crippen LogP contribution in [0.25, 0.3) is 0 Å². The van der Waals surface area contributed by atoms with E-state index in [9.17, 15) is 4.79 Å². The third-order valence-corrected chi connectivity index (χ3v) is 3.38. The number of aldehydes is 1. The topological polar surface area (TPSA) is 35.5 Å². The van der Waals surface area contributed by atoms with Crippen LogP contribution in [0.1, 0.15) is 22.8 Å². The molecule has 0 aliphatic carbocycles. The molecule has 0 saturated carbocycles. The van der Waals surface area contributed by atoms with E-state index in [1.807, 2.05) is 19.1 Å². The predicted octanol–water partition coefficient (Wildman–Crippen LogP) is 4.78. The first-order valence-electron chi connectivity index (χ1n) is 6.42. The van der Waals surface area contributed by atoms with Gasteiger partial charge in [-0.2, -0.15) is 0 Å². The van der Waals surface area contributed by atoms with Gasteiger partial charge in [0.25, 0.3) is 0 Å². The normalized spacial score (nSPS) is 10.2. The van der Waals surface area contributed by atoms with Crippen LogP contribution >= 0.6 is 23.2 Å². The van der Waals surface area contributed by atoms with Gasteiger partial charge in [0.2, 0.25) is 0 Å². The second-order valence-electron chi connectivity index (χ2n) is 4.29. The average Bonchev–Trinajstić information content (AvgIpc) is 2.49. The van der Waals surface area contributed by atoms with Crippen molar-refractivity contribution in [3.63, 3.8) is 0 Å². The minimum Gasteiger partial charge on any atom is -0.490 e. The van der Waals surface area contributed by atoms with Crippen LogP contribution in [0.3, 0.4) is 0 Å². The van der Waals surface area contributed by atoms with Crippen LogP contribution in [-0.2, 0) is 6.61 Å². The molecule has 2 aromatic carbocycles. The van der Waals surface area contributed by atoms with E-state index in [2.05, 4.69) is 0 Å². The zero-order valence-corrected chi connectivity index (χ0v) is 12.9. The van der Waals surface area contributed by atoms with Crippen LogP contribution in [0.5, 0.6) is 11.5 Å². The molecule has 0 N–H and O–H groups in total. The maximum Gasteiger partial charge on any atom is 0.163 e. The van der Waals surface area contributed by atoms with Crippen molar-refractivity contribution >= 4 is 29.5 Å². The summed E-state index contributed by atoms with van der Waals surface area (Å²) in [5, 5.41) is 1.01. The molecule has 0 spiro atoms. The highest BCUT2D eigenvalue weighted by Crippen LogP contribution is 2.33. The monoisotopic (exact) mass is 324 g/mol.